The minimum Gasteiger partial charge on any atom is -0.351 e. The van der Waals surface area contributed by atoms with Gasteiger partial charge in [0.05, 0.1) is 18.1 Å². The molecule has 4 aromatic rings. The van der Waals surface area contributed by atoms with Crippen molar-refractivity contribution in [2.45, 2.75) is 0 Å². The number of nitrogens with one attached hydrogen (secondary N) is 2. The molecule has 0 aliphatic heterocycles. The fraction of sp³-hybridized carbons (Fsp3) is 0. The molecule has 2 aromatic heterocycles. The molecule has 0 bridgehead atoms. The smallest absolute Gasteiger partial charge is 0.272 e. The number of aromatic amines is 1. The van der Waals surface area contributed by atoms with Gasteiger partial charge in [0.25, 0.3) is 5.91 Å². The van der Waals surface area contributed by atoms with Crippen LogP contribution in [0.15, 0.2) is 73.1 Å². The highest BCUT2D eigenvalue weighted by Crippen LogP contribution is 2.17. The second-order valence-corrected chi connectivity index (χ2v) is 5.39. The molecule has 2 heterocycles. The minimum atomic E-state index is -0.220. The van der Waals surface area contributed by atoms with Crippen molar-refractivity contribution >= 4 is 22.5 Å². The molecule has 5 nitrogen and oxygen atoms in total. The predicted molar refractivity (Wildman–Crippen MR) is 93.7 cm³/mol. The van der Waals surface area contributed by atoms with Crippen molar-refractivity contribution < 1.29 is 4.79 Å². The molecule has 1 amide bonds. The standard InChI is InChI=1S/C19H14N4O/c24-19(17-10-14-8-4-5-9-16(14)23-17)22-15-11-20-18(21-12-15)13-6-2-1-3-7-13/h1-12,23H,(H,22,24). The third kappa shape index (κ3) is 2.75. The first kappa shape index (κ1) is 14.1. The number of amides is 1. The maximum Gasteiger partial charge on any atom is 0.272 e. The Bertz CT molecular complexity index is 958. The topological polar surface area (TPSA) is 70.7 Å². The van der Waals surface area contributed by atoms with Gasteiger partial charge in [-0.05, 0) is 12.1 Å². The Morgan fingerprint density at radius 1 is 0.917 bits per heavy atom. The van der Waals surface area contributed by atoms with Gasteiger partial charge in [0.1, 0.15) is 5.69 Å². The van der Waals surface area contributed by atoms with Crippen molar-refractivity contribution in [1.82, 2.24) is 15.0 Å². The molecule has 4 rings (SSSR count). The molecule has 2 N–H and O–H groups in total. The minimum absolute atomic E-state index is 0.220. The van der Waals surface area contributed by atoms with Crippen LogP contribution in [0, 0.1) is 0 Å². The zero-order chi connectivity index (χ0) is 16.4. The second-order valence-electron chi connectivity index (χ2n) is 5.39. The lowest BCUT2D eigenvalue weighted by Crippen LogP contribution is -2.12. The first-order chi connectivity index (χ1) is 11.8. The van der Waals surface area contributed by atoms with Gasteiger partial charge in [0, 0.05) is 16.5 Å². The van der Waals surface area contributed by atoms with E-state index in [1.54, 1.807) is 12.4 Å². The number of anilines is 1. The third-order valence-corrected chi connectivity index (χ3v) is 3.72. The Morgan fingerprint density at radius 3 is 2.38 bits per heavy atom. The van der Waals surface area contributed by atoms with Gasteiger partial charge in [-0.1, -0.05) is 48.5 Å². The predicted octanol–water partition coefficient (Wildman–Crippen LogP) is 3.88. The van der Waals surface area contributed by atoms with Gasteiger partial charge in [-0.15, -0.1) is 0 Å². The van der Waals surface area contributed by atoms with Crippen LogP contribution in [0.2, 0.25) is 0 Å². The van der Waals surface area contributed by atoms with Gasteiger partial charge in [0.15, 0.2) is 5.82 Å². The number of hydrogen-bond acceptors (Lipinski definition) is 3. The lowest BCUT2D eigenvalue weighted by molar-refractivity contribution is 0.102. The molecule has 0 atom stereocenters. The number of carbonyl (C=O) groups is 1. The Hall–Kier alpha value is -3.47. The summed E-state index contributed by atoms with van der Waals surface area (Å²) in [6.45, 7) is 0. The van der Waals surface area contributed by atoms with Gasteiger partial charge in [0.2, 0.25) is 0 Å². The van der Waals surface area contributed by atoms with Crippen molar-refractivity contribution in [3.05, 3.63) is 78.8 Å². The summed E-state index contributed by atoms with van der Waals surface area (Å²) in [6, 6.07) is 19.3. The molecule has 2 aromatic carbocycles. The van der Waals surface area contributed by atoms with Crippen LogP contribution in [0.4, 0.5) is 5.69 Å². The zero-order valence-corrected chi connectivity index (χ0v) is 12.7. The van der Waals surface area contributed by atoms with Crippen molar-refractivity contribution in [2.24, 2.45) is 0 Å². The maximum atomic E-state index is 12.3. The molecular formula is C19H14N4O. The van der Waals surface area contributed by atoms with E-state index in [2.05, 4.69) is 20.3 Å². The summed E-state index contributed by atoms with van der Waals surface area (Å²) in [5.74, 6) is 0.404. The van der Waals surface area contributed by atoms with E-state index in [4.69, 9.17) is 0 Å². The molecule has 24 heavy (non-hydrogen) atoms. The quantitative estimate of drug-likeness (QED) is 0.603. The molecular weight excluding hydrogens is 300 g/mol. The molecule has 0 saturated heterocycles. The van der Waals surface area contributed by atoms with Crippen LogP contribution in [-0.2, 0) is 0 Å². The Labute approximate surface area is 138 Å². The number of H-pyrrole nitrogens is 1. The number of nitrogens with zero attached hydrogens (tertiary/aromatic N) is 2. The fourth-order valence-corrected chi connectivity index (χ4v) is 2.52. The van der Waals surface area contributed by atoms with Crippen molar-refractivity contribution in [3.8, 4) is 11.4 Å². The Kier molecular flexibility index (Phi) is 3.51. The maximum absolute atomic E-state index is 12.3. The highest BCUT2D eigenvalue weighted by molar-refractivity contribution is 6.05. The van der Waals surface area contributed by atoms with Crippen LogP contribution in [0.1, 0.15) is 10.5 Å². The van der Waals surface area contributed by atoms with E-state index in [1.807, 2.05) is 60.7 Å². The lowest BCUT2D eigenvalue weighted by Gasteiger charge is -2.04. The molecule has 0 saturated carbocycles. The summed E-state index contributed by atoms with van der Waals surface area (Å²) in [4.78, 5) is 24.0. The van der Waals surface area contributed by atoms with E-state index in [1.165, 1.54) is 0 Å². The molecule has 0 radical (unpaired) electrons. The lowest BCUT2D eigenvalue weighted by atomic mass is 10.2. The number of benzene rings is 2. The number of hydrogen-bond donors (Lipinski definition) is 2. The highest BCUT2D eigenvalue weighted by Gasteiger charge is 2.10. The van der Waals surface area contributed by atoms with Gasteiger partial charge in [-0.2, -0.15) is 0 Å². The van der Waals surface area contributed by atoms with E-state index in [-0.39, 0.29) is 5.91 Å². The number of carbonyl (C=O) groups excluding carboxylic acids is 1. The van der Waals surface area contributed by atoms with Gasteiger partial charge in [-0.3, -0.25) is 4.79 Å². The first-order valence-electron chi connectivity index (χ1n) is 7.56. The summed E-state index contributed by atoms with van der Waals surface area (Å²) >= 11 is 0. The van der Waals surface area contributed by atoms with Crippen LogP contribution in [0.25, 0.3) is 22.3 Å². The van der Waals surface area contributed by atoms with E-state index >= 15 is 0 Å². The van der Waals surface area contributed by atoms with E-state index in [0.29, 0.717) is 17.2 Å². The summed E-state index contributed by atoms with van der Waals surface area (Å²) in [7, 11) is 0. The monoisotopic (exact) mass is 314 g/mol. The van der Waals surface area contributed by atoms with Crippen molar-refractivity contribution in [2.75, 3.05) is 5.32 Å². The first-order valence-corrected chi connectivity index (χ1v) is 7.56. The third-order valence-electron chi connectivity index (χ3n) is 3.72. The summed E-state index contributed by atoms with van der Waals surface area (Å²) in [5, 5.41) is 3.80. The van der Waals surface area contributed by atoms with Gasteiger partial charge < -0.3 is 10.3 Å². The van der Waals surface area contributed by atoms with Crippen molar-refractivity contribution in [3.63, 3.8) is 0 Å². The van der Waals surface area contributed by atoms with Gasteiger partial charge in [-0.25, -0.2) is 9.97 Å². The number of fused-ring (bicyclic) bond motifs is 1. The molecule has 0 spiro atoms. The number of aromatic nitrogens is 3. The Morgan fingerprint density at radius 2 is 1.62 bits per heavy atom. The van der Waals surface area contributed by atoms with E-state index in [0.717, 1.165) is 16.5 Å². The summed E-state index contributed by atoms with van der Waals surface area (Å²) in [6.07, 6.45) is 3.21. The molecule has 0 aliphatic carbocycles. The van der Waals surface area contributed by atoms with Crippen LogP contribution < -0.4 is 5.32 Å². The number of rotatable bonds is 3. The van der Waals surface area contributed by atoms with Crippen LogP contribution in [0.5, 0.6) is 0 Å². The van der Waals surface area contributed by atoms with E-state index in [9.17, 15) is 4.79 Å². The van der Waals surface area contributed by atoms with Crippen LogP contribution in [-0.4, -0.2) is 20.9 Å². The highest BCUT2D eigenvalue weighted by atomic mass is 16.1. The SMILES string of the molecule is O=C(Nc1cnc(-c2ccccc2)nc1)c1cc2ccccc2[nH]1. The Balaban J connectivity index is 1.53. The fourth-order valence-electron chi connectivity index (χ4n) is 2.52. The molecule has 5 heteroatoms. The largest absolute Gasteiger partial charge is 0.351 e. The second kappa shape index (κ2) is 5.96. The van der Waals surface area contributed by atoms with Gasteiger partial charge >= 0.3 is 0 Å². The molecule has 0 unspecified atom stereocenters. The van der Waals surface area contributed by atoms with Crippen molar-refractivity contribution in [1.29, 1.82) is 0 Å². The average molecular weight is 314 g/mol. The van der Waals surface area contributed by atoms with Crippen LogP contribution >= 0.6 is 0 Å². The average Bonchev–Trinajstić information content (AvgIpc) is 3.07. The molecule has 116 valence electrons. The normalized spacial score (nSPS) is 10.7. The summed E-state index contributed by atoms with van der Waals surface area (Å²) in [5.41, 5.74) is 2.92. The number of para-hydroxylation sites is 1. The summed E-state index contributed by atoms with van der Waals surface area (Å²) < 4.78 is 0. The van der Waals surface area contributed by atoms with E-state index < -0.39 is 0 Å². The zero-order valence-electron chi connectivity index (χ0n) is 12.7. The molecule has 0 aliphatic rings. The molecule has 0 fully saturated rings. The van der Waals surface area contributed by atoms with Crippen LogP contribution in [0.3, 0.4) is 0 Å².